The van der Waals surface area contributed by atoms with Crippen LogP contribution in [0.3, 0.4) is 0 Å². The van der Waals surface area contributed by atoms with Crippen molar-refractivity contribution in [3.8, 4) is 0 Å². The molecule has 2 N–H and O–H groups in total. The molecule has 0 saturated heterocycles. The van der Waals surface area contributed by atoms with Crippen molar-refractivity contribution in [2.24, 2.45) is 5.92 Å². The van der Waals surface area contributed by atoms with Gasteiger partial charge in [0.15, 0.2) is 0 Å². The van der Waals surface area contributed by atoms with Gasteiger partial charge in [-0.05, 0) is 37.0 Å². The Hall–Kier alpha value is -2.31. The molecule has 0 aromatic heterocycles. The maximum atomic E-state index is 12.3. The van der Waals surface area contributed by atoms with E-state index in [1.54, 1.807) is 11.4 Å². The molecule has 2 amide bonds. The van der Waals surface area contributed by atoms with Crippen LogP contribution in [0.2, 0.25) is 0 Å². The molecule has 2 rings (SSSR count). The third-order valence-electron chi connectivity index (χ3n) is 3.61. The number of benzene rings is 1. The minimum absolute atomic E-state index is 0.0996. The van der Waals surface area contributed by atoms with E-state index >= 15 is 0 Å². The van der Waals surface area contributed by atoms with Crippen LogP contribution >= 0.6 is 0 Å². The summed E-state index contributed by atoms with van der Waals surface area (Å²) < 4.78 is 36.9. The molecule has 7 heteroatoms. The first-order valence-corrected chi connectivity index (χ1v) is 7.32. The van der Waals surface area contributed by atoms with Crippen molar-refractivity contribution < 1.29 is 22.8 Å². The van der Waals surface area contributed by atoms with Crippen LogP contribution in [0.15, 0.2) is 36.4 Å². The lowest BCUT2D eigenvalue weighted by Crippen LogP contribution is -2.30. The molecule has 0 atom stereocenters. The van der Waals surface area contributed by atoms with E-state index in [4.69, 9.17) is 0 Å². The number of nitrogens with one attached hydrogen (secondary N) is 2. The van der Waals surface area contributed by atoms with Gasteiger partial charge in [0.25, 0.3) is 0 Å². The Labute approximate surface area is 131 Å². The molecular formula is C16H17F3N2O2. The monoisotopic (exact) mass is 326 g/mol. The number of para-hydroxylation sites is 2. The molecule has 23 heavy (non-hydrogen) atoms. The van der Waals surface area contributed by atoms with Crippen molar-refractivity contribution in [3.63, 3.8) is 0 Å². The third-order valence-corrected chi connectivity index (χ3v) is 3.61. The van der Waals surface area contributed by atoms with E-state index in [2.05, 4.69) is 5.32 Å². The SMILES string of the molecule is O=C(/C=C/C1CCCC1)Nc1ccccc1NC(=O)C(F)(F)F. The van der Waals surface area contributed by atoms with Gasteiger partial charge in [0, 0.05) is 0 Å². The van der Waals surface area contributed by atoms with E-state index in [-0.39, 0.29) is 11.4 Å². The molecular weight excluding hydrogens is 309 g/mol. The lowest BCUT2D eigenvalue weighted by atomic mass is 10.1. The lowest BCUT2D eigenvalue weighted by Gasteiger charge is -2.12. The maximum absolute atomic E-state index is 12.3. The van der Waals surface area contributed by atoms with E-state index in [0.717, 1.165) is 25.7 Å². The third kappa shape index (κ3) is 5.12. The molecule has 1 aromatic rings. The molecule has 0 radical (unpaired) electrons. The summed E-state index contributed by atoms with van der Waals surface area (Å²) in [5, 5.41) is 4.23. The summed E-state index contributed by atoms with van der Waals surface area (Å²) >= 11 is 0. The number of rotatable bonds is 4. The van der Waals surface area contributed by atoms with E-state index in [1.807, 2.05) is 6.08 Å². The highest BCUT2D eigenvalue weighted by atomic mass is 19.4. The van der Waals surface area contributed by atoms with Crippen LogP contribution in [0.25, 0.3) is 0 Å². The minimum Gasteiger partial charge on any atom is -0.321 e. The fourth-order valence-corrected chi connectivity index (χ4v) is 2.44. The Balaban J connectivity index is 2.02. The zero-order chi connectivity index (χ0) is 16.9. The first-order valence-electron chi connectivity index (χ1n) is 7.32. The zero-order valence-corrected chi connectivity index (χ0v) is 12.3. The molecule has 1 aliphatic rings. The van der Waals surface area contributed by atoms with Gasteiger partial charge in [-0.25, -0.2) is 0 Å². The smallest absolute Gasteiger partial charge is 0.321 e. The molecule has 1 aliphatic carbocycles. The highest BCUT2D eigenvalue weighted by Crippen LogP contribution is 2.26. The number of hydrogen-bond donors (Lipinski definition) is 2. The molecule has 124 valence electrons. The molecule has 0 aliphatic heterocycles. The zero-order valence-electron chi connectivity index (χ0n) is 12.3. The average Bonchev–Trinajstić information content (AvgIpc) is 2.99. The lowest BCUT2D eigenvalue weighted by molar-refractivity contribution is -0.167. The van der Waals surface area contributed by atoms with E-state index in [1.165, 1.54) is 24.3 Å². The Bertz CT molecular complexity index is 606. The molecule has 1 saturated carbocycles. The van der Waals surface area contributed by atoms with E-state index < -0.39 is 18.0 Å². The molecule has 0 spiro atoms. The first-order chi connectivity index (χ1) is 10.9. The van der Waals surface area contributed by atoms with Gasteiger partial charge in [0.1, 0.15) is 0 Å². The predicted molar refractivity (Wildman–Crippen MR) is 80.9 cm³/mol. The summed E-state index contributed by atoms with van der Waals surface area (Å²) in [7, 11) is 0. The topological polar surface area (TPSA) is 58.2 Å². The fourth-order valence-electron chi connectivity index (χ4n) is 2.44. The van der Waals surface area contributed by atoms with Gasteiger partial charge in [-0.2, -0.15) is 13.2 Å². The summed E-state index contributed by atoms with van der Waals surface area (Å²) in [5.41, 5.74) is 0.0172. The number of allylic oxidation sites excluding steroid dienone is 1. The van der Waals surface area contributed by atoms with Crippen molar-refractivity contribution >= 4 is 23.2 Å². The Morgan fingerprint density at radius 1 is 1.04 bits per heavy atom. The van der Waals surface area contributed by atoms with Gasteiger partial charge in [-0.15, -0.1) is 0 Å². The van der Waals surface area contributed by atoms with Gasteiger partial charge >= 0.3 is 12.1 Å². The molecule has 0 unspecified atom stereocenters. The second kappa shape index (κ2) is 7.30. The van der Waals surface area contributed by atoms with Crippen LogP contribution < -0.4 is 10.6 Å². The Morgan fingerprint density at radius 2 is 1.61 bits per heavy atom. The van der Waals surface area contributed by atoms with Gasteiger partial charge in [-0.3, -0.25) is 9.59 Å². The van der Waals surface area contributed by atoms with Gasteiger partial charge < -0.3 is 10.6 Å². The summed E-state index contributed by atoms with van der Waals surface area (Å²) in [4.78, 5) is 22.9. The summed E-state index contributed by atoms with van der Waals surface area (Å²) in [6, 6.07) is 5.74. The fraction of sp³-hybridized carbons (Fsp3) is 0.375. The van der Waals surface area contributed by atoms with Crippen LogP contribution in [0.1, 0.15) is 25.7 Å². The number of carbonyl (C=O) groups excluding carboxylic acids is 2. The van der Waals surface area contributed by atoms with Gasteiger partial charge in [-0.1, -0.05) is 31.1 Å². The van der Waals surface area contributed by atoms with Crippen LogP contribution in [-0.4, -0.2) is 18.0 Å². The van der Waals surface area contributed by atoms with Crippen molar-refractivity contribution in [2.75, 3.05) is 10.6 Å². The molecule has 0 bridgehead atoms. The quantitative estimate of drug-likeness (QED) is 0.825. The van der Waals surface area contributed by atoms with Crippen molar-refractivity contribution in [2.45, 2.75) is 31.9 Å². The normalized spacial score (nSPS) is 15.8. The molecule has 0 heterocycles. The van der Waals surface area contributed by atoms with Crippen LogP contribution in [0.4, 0.5) is 24.5 Å². The highest BCUT2D eigenvalue weighted by molar-refractivity contribution is 6.04. The van der Waals surface area contributed by atoms with Gasteiger partial charge in [0.05, 0.1) is 11.4 Å². The molecule has 1 fully saturated rings. The van der Waals surface area contributed by atoms with Crippen molar-refractivity contribution in [3.05, 3.63) is 36.4 Å². The first kappa shape index (κ1) is 17.1. The van der Waals surface area contributed by atoms with Crippen molar-refractivity contribution in [1.29, 1.82) is 0 Å². The Morgan fingerprint density at radius 3 is 2.17 bits per heavy atom. The van der Waals surface area contributed by atoms with E-state index in [9.17, 15) is 22.8 Å². The second-order valence-electron chi connectivity index (χ2n) is 5.39. The molecule has 4 nitrogen and oxygen atoms in total. The highest BCUT2D eigenvalue weighted by Gasteiger charge is 2.38. The number of amides is 2. The largest absolute Gasteiger partial charge is 0.471 e. The standard InChI is InChI=1S/C16H17F3N2O2/c17-16(18,19)15(23)21-13-8-4-3-7-12(13)20-14(22)10-9-11-5-1-2-6-11/h3-4,7-11H,1-2,5-6H2,(H,20,22)(H,21,23)/b10-9+. The van der Waals surface area contributed by atoms with Crippen LogP contribution in [0.5, 0.6) is 0 Å². The summed E-state index contributed by atoms with van der Waals surface area (Å²) in [6.07, 6.45) is 2.59. The number of anilines is 2. The second-order valence-corrected chi connectivity index (χ2v) is 5.39. The maximum Gasteiger partial charge on any atom is 0.471 e. The number of carbonyl (C=O) groups is 2. The molecule has 1 aromatic carbocycles. The number of hydrogen-bond acceptors (Lipinski definition) is 2. The van der Waals surface area contributed by atoms with Crippen molar-refractivity contribution in [1.82, 2.24) is 0 Å². The summed E-state index contributed by atoms with van der Waals surface area (Å²) in [5.74, 6) is -2.15. The van der Waals surface area contributed by atoms with E-state index in [0.29, 0.717) is 5.92 Å². The predicted octanol–water partition coefficient (Wildman–Crippen LogP) is 3.87. The van der Waals surface area contributed by atoms with Crippen LogP contribution in [0, 0.1) is 5.92 Å². The number of alkyl halides is 3. The minimum atomic E-state index is -4.99. The van der Waals surface area contributed by atoms with Crippen LogP contribution in [-0.2, 0) is 9.59 Å². The number of halogens is 3. The van der Waals surface area contributed by atoms with Gasteiger partial charge in [0.2, 0.25) is 5.91 Å². The summed E-state index contributed by atoms with van der Waals surface area (Å²) in [6.45, 7) is 0. The Kier molecular flexibility index (Phi) is 5.41. The average molecular weight is 326 g/mol.